The summed E-state index contributed by atoms with van der Waals surface area (Å²) in [5.74, 6) is 0.791. The minimum absolute atomic E-state index is 0.235. The van der Waals surface area contributed by atoms with Crippen LogP contribution in [0.5, 0.6) is 0 Å². The highest BCUT2D eigenvalue weighted by Gasteiger charge is 2.07. The minimum Gasteiger partial charge on any atom is -0.393 e. The molecule has 0 saturated carbocycles. The quantitative estimate of drug-likeness (QED) is 0.623. The largest absolute Gasteiger partial charge is 0.393 e. The number of rotatable bonds is 7. The lowest BCUT2D eigenvalue weighted by Crippen LogP contribution is -2.06. The molecule has 2 atom stereocenters. The maximum atomic E-state index is 9.07. The van der Waals surface area contributed by atoms with Crippen molar-refractivity contribution < 1.29 is 5.11 Å². The van der Waals surface area contributed by atoms with E-state index in [-0.39, 0.29) is 6.10 Å². The Hall–Kier alpha value is -0.0400. The topological polar surface area (TPSA) is 20.2 Å². The van der Waals surface area contributed by atoms with E-state index in [2.05, 4.69) is 13.8 Å². The van der Waals surface area contributed by atoms with Gasteiger partial charge in [-0.25, -0.2) is 0 Å². The van der Waals surface area contributed by atoms with Crippen molar-refractivity contribution in [2.75, 3.05) is 0 Å². The summed E-state index contributed by atoms with van der Waals surface area (Å²) in [6.07, 6.45) is 8.02. The molecule has 1 heteroatoms. The maximum absolute atomic E-state index is 9.07. The molecule has 0 aromatic heterocycles. The van der Waals surface area contributed by atoms with E-state index >= 15 is 0 Å². The predicted octanol–water partition coefficient (Wildman–Crippen LogP) is 3.18. The van der Waals surface area contributed by atoms with Gasteiger partial charge < -0.3 is 5.11 Å². The molecule has 1 N–H and O–H groups in total. The fourth-order valence-electron chi connectivity index (χ4n) is 1.37. The van der Waals surface area contributed by atoms with E-state index in [0.29, 0.717) is 0 Å². The molecule has 0 aromatic carbocycles. The highest BCUT2D eigenvalue weighted by Crippen LogP contribution is 2.18. The molecule has 0 amide bonds. The molecule has 2 unspecified atom stereocenters. The third-order valence-electron chi connectivity index (χ3n) is 2.35. The van der Waals surface area contributed by atoms with Gasteiger partial charge in [-0.2, -0.15) is 0 Å². The lowest BCUT2D eigenvalue weighted by molar-refractivity contribution is 0.216. The molecule has 73 valence electrons. The third-order valence-corrected chi connectivity index (χ3v) is 2.35. The van der Waals surface area contributed by atoms with Gasteiger partial charge >= 0.3 is 0 Å². The Morgan fingerprint density at radius 2 is 2.00 bits per heavy atom. The van der Waals surface area contributed by atoms with E-state index in [1.54, 1.807) is 0 Å². The molecule has 12 heavy (non-hydrogen) atoms. The highest BCUT2D eigenvalue weighted by molar-refractivity contribution is 4.75. The lowest BCUT2D eigenvalue weighted by atomic mass is 9.93. The van der Waals surface area contributed by atoms with Gasteiger partial charge in [0.1, 0.15) is 0 Å². The van der Waals surface area contributed by atoms with E-state index in [1.807, 2.05) is 13.3 Å². The molecular formula is C11H23O. The van der Waals surface area contributed by atoms with Gasteiger partial charge in [-0.1, -0.05) is 39.5 Å². The van der Waals surface area contributed by atoms with Crippen molar-refractivity contribution in [2.45, 2.75) is 59.0 Å². The molecular weight excluding hydrogens is 148 g/mol. The van der Waals surface area contributed by atoms with E-state index in [0.717, 1.165) is 12.3 Å². The minimum atomic E-state index is -0.235. The van der Waals surface area contributed by atoms with E-state index in [4.69, 9.17) is 5.11 Å². The highest BCUT2D eigenvalue weighted by atomic mass is 16.3. The fraction of sp³-hybridized carbons (Fsp3) is 0.909. The molecule has 0 fully saturated rings. The van der Waals surface area contributed by atoms with Gasteiger partial charge in [0.15, 0.2) is 0 Å². The molecule has 0 rings (SSSR count). The second-order valence-corrected chi connectivity index (χ2v) is 3.63. The van der Waals surface area contributed by atoms with Crippen LogP contribution in [0.2, 0.25) is 0 Å². The van der Waals surface area contributed by atoms with Crippen LogP contribution in [-0.4, -0.2) is 11.2 Å². The van der Waals surface area contributed by atoms with Crippen LogP contribution in [0.4, 0.5) is 0 Å². The van der Waals surface area contributed by atoms with Crippen LogP contribution in [0.15, 0.2) is 0 Å². The van der Waals surface area contributed by atoms with Crippen LogP contribution in [-0.2, 0) is 0 Å². The number of aliphatic hydroxyl groups is 1. The van der Waals surface area contributed by atoms with Crippen molar-refractivity contribution in [1.29, 1.82) is 0 Å². The second-order valence-electron chi connectivity index (χ2n) is 3.63. The molecule has 0 bridgehead atoms. The van der Waals surface area contributed by atoms with Gasteiger partial charge in [0.25, 0.3) is 0 Å². The smallest absolute Gasteiger partial charge is 0.0543 e. The Morgan fingerprint density at radius 3 is 2.42 bits per heavy atom. The first-order valence-corrected chi connectivity index (χ1v) is 5.22. The Balaban J connectivity index is 3.39. The Kier molecular flexibility index (Phi) is 7.58. The summed E-state index contributed by atoms with van der Waals surface area (Å²) in [4.78, 5) is 0. The first-order valence-electron chi connectivity index (χ1n) is 5.22. The molecule has 0 heterocycles. The zero-order valence-corrected chi connectivity index (χ0v) is 8.71. The predicted molar refractivity (Wildman–Crippen MR) is 53.9 cm³/mol. The van der Waals surface area contributed by atoms with Crippen molar-refractivity contribution in [1.82, 2.24) is 0 Å². The summed E-state index contributed by atoms with van der Waals surface area (Å²) in [6, 6.07) is 0. The number of hydrogen-bond donors (Lipinski definition) is 1. The van der Waals surface area contributed by atoms with Gasteiger partial charge in [-0.05, 0) is 25.7 Å². The summed E-state index contributed by atoms with van der Waals surface area (Å²) in [6.45, 7) is 6.29. The molecule has 0 aromatic rings. The molecule has 0 aliphatic heterocycles. The van der Waals surface area contributed by atoms with Crippen LogP contribution < -0.4 is 0 Å². The zero-order valence-electron chi connectivity index (χ0n) is 8.71. The van der Waals surface area contributed by atoms with Crippen molar-refractivity contribution in [3.8, 4) is 0 Å². The molecule has 0 spiro atoms. The number of hydrogen-bond acceptors (Lipinski definition) is 1. The van der Waals surface area contributed by atoms with Gasteiger partial charge in [-0.15, -0.1) is 0 Å². The average Bonchev–Trinajstić information content (AvgIpc) is 2.05. The van der Waals surface area contributed by atoms with Crippen LogP contribution in [0.1, 0.15) is 52.9 Å². The summed E-state index contributed by atoms with van der Waals surface area (Å²) < 4.78 is 0. The monoisotopic (exact) mass is 171 g/mol. The van der Waals surface area contributed by atoms with Crippen LogP contribution in [0.25, 0.3) is 0 Å². The van der Waals surface area contributed by atoms with E-state index in [1.165, 1.54) is 25.7 Å². The van der Waals surface area contributed by atoms with Crippen LogP contribution in [0.3, 0.4) is 0 Å². The first-order chi connectivity index (χ1) is 5.70. The first kappa shape index (κ1) is 12.0. The molecule has 0 aliphatic carbocycles. The van der Waals surface area contributed by atoms with Crippen molar-refractivity contribution >= 4 is 0 Å². The van der Waals surface area contributed by atoms with Gasteiger partial charge in [-0.3, -0.25) is 0 Å². The Labute approximate surface area is 77.2 Å². The summed E-state index contributed by atoms with van der Waals surface area (Å²) in [5.41, 5.74) is 0. The summed E-state index contributed by atoms with van der Waals surface area (Å²) >= 11 is 0. The van der Waals surface area contributed by atoms with Gasteiger partial charge in [0.2, 0.25) is 0 Å². The van der Waals surface area contributed by atoms with Crippen LogP contribution >= 0.6 is 0 Å². The summed E-state index contributed by atoms with van der Waals surface area (Å²) in [7, 11) is 0. The Bertz CT molecular complexity index is 89.0. The lowest BCUT2D eigenvalue weighted by Gasteiger charge is -2.14. The zero-order chi connectivity index (χ0) is 9.40. The molecule has 1 radical (unpaired) electrons. The van der Waals surface area contributed by atoms with Crippen molar-refractivity contribution in [3.05, 3.63) is 6.42 Å². The maximum Gasteiger partial charge on any atom is 0.0543 e. The van der Waals surface area contributed by atoms with Gasteiger partial charge in [0, 0.05) is 0 Å². The standard InChI is InChI=1S/C11H23O/c1-4-6-7-11(5-2)9-8-10(3)12/h8,10-12H,4-7,9H2,1-3H3. The summed E-state index contributed by atoms with van der Waals surface area (Å²) in [5, 5.41) is 9.07. The van der Waals surface area contributed by atoms with Gasteiger partial charge in [0.05, 0.1) is 6.10 Å². The van der Waals surface area contributed by atoms with Crippen molar-refractivity contribution in [2.24, 2.45) is 5.92 Å². The normalized spacial score (nSPS) is 16.0. The third kappa shape index (κ3) is 6.66. The van der Waals surface area contributed by atoms with E-state index in [9.17, 15) is 0 Å². The second kappa shape index (κ2) is 7.60. The van der Waals surface area contributed by atoms with E-state index < -0.39 is 0 Å². The SMILES string of the molecule is CCCCC(CC)C[CH]C(C)O. The molecule has 0 aliphatic rings. The van der Waals surface area contributed by atoms with Crippen LogP contribution in [0, 0.1) is 12.3 Å². The number of aliphatic hydroxyl groups excluding tert-OH is 1. The van der Waals surface area contributed by atoms with Crippen molar-refractivity contribution in [3.63, 3.8) is 0 Å². The average molecular weight is 171 g/mol. The number of unbranched alkanes of at least 4 members (excludes halogenated alkanes) is 1. The molecule has 1 nitrogen and oxygen atoms in total. The fourth-order valence-corrected chi connectivity index (χ4v) is 1.37. The molecule has 0 saturated heterocycles. The Morgan fingerprint density at radius 1 is 1.33 bits per heavy atom.